The summed E-state index contributed by atoms with van der Waals surface area (Å²) >= 11 is 1.49. The number of benzene rings is 2. The molecule has 162 valence electrons. The first kappa shape index (κ1) is 21.1. The average molecular weight is 440 g/mol. The summed E-state index contributed by atoms with van der Waals surface area (Å²) in [7, 11) is 4.98. The second-order valence-corrected chi connectivity index (χ2v) is 8.76. The number of nitrogens with zero attached hydrogens (tertiary/aromatic N) is 3. The molecule has 0 bridgehead atoms. The van der Waals surface area contributed by atoms with Crippen LogP contribution in [-0.2, 0) is 11.8 Å². The highest BCUT2D eigenvalue weighted by atomic mass is 32.2. The number of ether oxygens (including phenoxy) is 2. The smallest absolute Gasteiger partial charge is 0.295 e. The van der Waals surface area contributed by atoms with E-state index in [0.29, 0.717) is 22.9 Å². The van der Waals surface area contributed by atoms with Gasteiger partial charge in [0.15, 0.2) is 11.5 Å². The number of para-hydroxylation sites is 2. The van der Waals surface area contributed by atoms with Crippen molar-refractivity contribution in [3.63, 3.8) is 0 Å². The number of carbonyl (C=O) groups excluding carboxylic acids is 1. The van der Waals surface area contributed by atoms with E-state index in [2.05, 4.69) is 0 Å². The summed E-state index contributed by atoms with van der Waals surface area (Å²) in [4.78, 5) is 28.5. The highest BCUT2D eigenvalue weighted by Crippen LogP contribution is 2.49. The van der Waals surface area contributed by atoms with Crippen LogP contribution < -0.4 is 19.9 Å². The highest BCUT2D eigenvalue weighted by Gasteiger charge is 2.44. The van der Waals surface area contributed by atoms with Crippen LogP contribution in [0.25, 0.3) is 5.69 Å². The monoisotopic (exact) mass is 439 g/mol. The van der Waals surface area contributed by atoms with E-state index in [9.17, 15) is 9.59 Å². The number of hydrogen-bond donors (Lipinski definition) is 0. The fourth-order valence-electron chi connectivity index (χ4n) is 4.00. The zero-order chi connectivity index (χ0) is 22.3. The van der Waals surface area contributed by atoms with Crippen molar-refractivity contribution in [3.8, 4) is 17.2 Å². The van der Waals surface area contributed by atoms with Gasteiger partial charge in [0.05, 0.1) is 30.9 Å². The van der Waals surface area contributed by atoms with Crippen LogP contribution >= 0.6 is 11.8 Å². The normalized spacial score (nSPS) is 18.5. The first-order valence-electron chi connectivity index (χ1n) is 9.94. The number of carbonyl (C=O) groups is 1. The molecule has 1 aliphatic rings. The Morgan fingerprint density at radius 2 is 1.68 bits per heavy atom. The molecule has 2 atom stereocenters. The number of hydrogen-bond acceptors (Lipinski definition) is 5. The molecule has 0 saturated carbocycles. The Labute approximate surface area is 185 Å². The molecule has 0 unspecified atom stereocenters. The lowest BCUT2D eigenvalue weighted by Crippen LogP contribution is -2.34. The predicted molar refractivity (Wildman–Crippen MR) is 123 cm³/mol. The highest BCUT2D eigenvalue weighted by molar-refractivity contribution is 8.01. The minimum absolute atomic E-state index is 0.106. The Hall–Kier alpha value is -3.13. The summed E-state index contributed by atoms with van der Waals surface area (Å²) in [5.74, 6) is 1.04. The van der Waals surface area contributed by atoms with Gasteiger partial charge in [0.2, 0.25) is 5.91 Å². The minimum Gasteiger partial charge on any atom is -0.493 e. The van der Waals surface area contributed by atoms with Crippen molar-refractivity contribution in [2.45, 2.75) is 24.5 Å². The number of aromatic nitrogens is 2. The third kappa shape index (κ3) is 3.31. The average Bonchev–Trinajstić information content (AvgIpc) is 3.19. The van der Waals surface area contributed by atoms with Crippen LogP contribution in [-0.4, -0.2) is 34.7 Å². The van der Waals surface area contributed by atoms with E-state index in [4.69, 9.17) is 9.47 Å². The van der Waals surface area contributed by atoms with Crippen molar-refractivity contribution in [2.75, 3.05) is 19.1 Å². The van der Waals surface area contributed by atoms with Gasteiger partial charge in [0.1, 0.15) is 11.1 Å². The molecular formula is C23H25N3O4S. The zero-order valence-electron chi connectivity index (χ0n) is 18.2. The molecule has 8 heteroatoms. The van der Waals surface area contributed by atoms with E-state index in [-0.39, 0.29) is 16.7 Å². The summed E-state index contributed by atoms with van der Waals surface area (Å²) < 4.78 is 14.5. The van der Waals surface area contributed by atoms with Gasteiger partial charge in [-0.05, 0) is 32.0 Å². The number of methoxy groups -OCH3 is 2. The molecule has 7 nitrogen and oxygen atoms in total. The fraction of sp³-hybridized carbons (Fsp3) is 0.304. The third-order valence-corrected chi connectivity index (χ3v) is 6.95. The molecule has 0 spiro atoms. The van der Waals surface area contributed by atoms with Gasteiger partial charge in [-0.15, -0.1) is 11.8 Å². The largest absolute Gasteiger partial charge is 0.493 e. The van der Waals surface area contributed by atoms with E-state index in [1.807, 2.05) is 69.4 Å². The van der Waals surface area contributed by atoms with Crippen molar-refractivity contribution in [1.29, 1.82) is 0 Å². The van der Waals surface area contributed by atoms with E-state index < -0.39 is 5.37 Å². The standard InChI is InChI=1S/C23H25N3O4S/c1-14-19(22(28)26(24(14)3)16-10-7-6-8-11-16)25-21(27)15(2)31-23(25)17-12-9-13-18(29-4)20(17)30-5/h6-13,15,23H,1-5H3/t15-,23+/m0/s1. The molecule has 4 rings (SSSR count). The molecule has 0 N–H and O–H groups in total. The maximum absolute atomic E-state index is 13.6. The van der Waals surface area contributed by atoms with Crippen LogP contribution in [0.3, 0.4) is 0 Å². The Morgan fingerprint density at radius 1 is 0.968 bits per heavy atom. The molecule has 2 aromatic carbocycles. The van der Waals surface area contributed by atoms with Gasteiger partial charge in [-0.25, -0.2) is 4.68 Å². The maximum atomic E-state index is 13.6. The van der Waals surface area contributed by atoms with Crippen LogP contribution in [0.5, 0.6) is 11.5 Å². The number of thioether (sulfide) groups is 1. The van der Waals surface area contributed by atoms with Gasteiger partial charge in [0, 0.05) is 12.6 Å². The number of anilines is 1. The Kier molecular flexibility index (Phi) is 5.58. The Balaban J connectivity index is 1.91. The zero-order valence-corrected chi connectivity index (χ0v) is 19.0. The van der Waals surface area contributed by atoms with Crippen molar-refractivity contribution in [3.05, 3.63) is 70.1 Å². The topological polar surface area (TPSA) is 65.7 Å². The van der Waals surface area contributed by atoms with Gasteiger partial charge in [0.25, 0.3) is 5.56 Å². The van der Waals surface area contributed by atoms with Crippen molar-refractivity contribution < 1.29 is 14.3 Å². The van der Waals surface area contributed by atoms with Crippen LogP contribution in [0.4, 0.5) is 5.69 Å². The molecule has 0 aliphatic carbocycles. The van der Waals surface area contributed by atoms with E-state index in [1.54, 1.807) is 28.5 Å². The van der Waals surface area contributed by atoms with Crippen LogP contribution in [0.15, 0.2) is 53.3 Å². The summed E-state index contributed by atoms with van der Waals surface area (Å²) in [6.45, 7) is 3.72. The first-order chi connectivity index (χ1) is 14.9. The van der Waals surface area contributed by atoms with Crippen LogP contribution in [0.1, 0.15) is 23.6 Å². The predicted octanol–water partition coefficient (Wildman–Crippen LogP) is 3.67. The van der Waals surface area contributed by atoms with Gasteiger partial charge in [-0.3, -0.25) is 19.2 Å². The maximum Gasteiger partial charge on any atom is 0.295 e. The lowest BCUT2D eigenvalue weighted by molar-refractivity contribution is -0.117. The van der Waals surface area contributed by atoms with E-state index >= 15 is 0 Å². The molecule has 0 radical (unpaired) electrons. The SMILES string of the molecule is COc1cccc([C@H]2S[C@@H](C)C(=O)N2c2c(C)n(C)n(-c3ccccc3)c2=O)c1OC. The van der Waals surface area contributed by atoms with Gasteiger partial charge >= 0.3 is 0 Å². The third-order valence-electron chi connectivity index (χ3n) is 5.62. The molecule has 2 heterocycles. The van der Waals surface area contributed by atoms with E-state index in [0.717, 1.165) is 11.3 Å². The minimum atomic E-state index is -0.412. The summed E-state index contributed by atoms with van der Waals surface area (Å²) in [5, 5.41) is -0.712. The number of amides is 1. The molecular weight excluding hydrogens is 414 g/mol. The lowest BCUT2D eigenvalue weighted by atomic mass is 10.1. The molecule has 31 heavy (non-hydrogen) atoms. The van der Waals surface area contributed by atoms with Crippen LogP contribution in [0, 0.1) is 6.92 Å². The van der Waals surface area contributed by atoms with Gasteiger partial charge in [-0.1, -0.05) is 30.3 Å². The lowest BCUT2D eigenvalue weighted by Gasteiger charge is -2.25. The molecule has 1 aromatic heterocycles. The second-order valence-electron chi connectivity index (χ2n) is 7.33. The number of rotatable bonds is 5. The Morgan fingerprint density at radius 3 is 2.32 bits per heavy atom. The Bertz CT molecular complexity index is 1190. The van der Waals surface area contributed by atoms with Gasteiger partial charge < -0.3 is 9.47 Å². The summed E-state index contributed by atoms with van der Waals surface area (Å²) in [5.41, 5.74) is 2.39. The summed E-state index contributed by atoms with van der Waals surface area (Å²) in [6, 6.07) is 15.0. The molecule has 1 aliphatic heterocycles. The molecule has 1 fully saturated rings. The van der Waals surface area contributed by atoms with Crippen molar-refractivity contribution in [2.24, 2.45) is 7.05 Å². The molecule has 3 aromatic rings. The van der Waals surface area contributed by atoms with Crippen molar-refractivity contribution in [1.82, 2.24) is 9.36 Å². The van der Waals surface area contributed by atoms with Crippen LogP contribution in [0.2, 0.25) is 0 Å². The molecule has 1 amide bonds. The molecule has 1 saturated heterocycles. The second kappa shape index (κ2) is 8.19. The summed E-state index contributed by atoms with van der Waals surface area (Å²) in [6.07, 6.45) is 0. The fourth-order valence-corrected chi connectivity index (χ4v) is 5.28. The van der Waals surface area contributed by atoms with Gasteiger partial charge in [-0.2, -0.15) is 0 Å². The van der Waals surface area contributed by atoms with Crippen molar-refractivity contribution >= 4 is 23.4 Å². The quantitative estimate of drug-likeness (QED) is 0.607. The van der Waals surface area contributed by atoms with E-state index in [1.165, 1.54) is 11.8 Å². The first-order valence-corrected chi connectivity index (χ1v) is 10.9.